The fourth-order valence-corrected chi connectivity index (χ4v) is 3.05. The molecule has 1 N–H and O–H groups in total. The van der Waals surface area contributed by atoms with E-state index in [-0.39, 0.29) is 17.1 Å². The standard InChI is InChI=1S/C21H32N2O2/c1-21(2,3)20(25)22-16-17-9-11-18(12-10-17)19(24)8-7-15-23-13-5-4-6-14-23/h9-12H,4-8,13-16H2,1-3H3,(H,22,25). The van der Waals surface area contributed by atoms with Crippen LogP contribution in [0.2, 0.25) is 0 Å². The first-order valence-electron chi connectivity index (χ1n) is 9.49. The molecule has 4 heteroatoms. The number of carbonyl (C=O) groups excluding carboxylic acids is 2. The van der Waals surface area contributed by atoms with Crippen LogP contribution in [0.25, 0.3) is 0 Å². The molecule has 1 saturated heterocycles. The Bertz CT molecular complexity index is 567. The summed E-state index contributed by atoms with van der Waals surface area (Å²) in [5, 5.41) is 2.93. The van der Waals surface area contributed by atoms with E-state index in [2.05, 4.69) is 10.2 Å². The highest BCUT2D eigenvalue weighted by Crippen LogP contribution is 2.14. The predicted octanol–water partition coefficient (Wildman–Crippen LogP) is 3.80. The molecule has 1 fully saturated rings. The highest BCUT2D eigenvalue weighted by molar-refractivity contribution is 5.96. The maximum Gasteiger partial charge on any atom is 0.225 e. The van der Waals surface area contributed by atoms with Crippen LogP contribution in [0, 0.1) is 5.41 Å². The van der Waals surface area contributed by atoms with Gasteiger partial charge in [0.25, 0.3) is 0 Å². The summed E-state index contributed by atoms with van der Waals surface area (Å²) in [6.07, 6.45) is 5.47. The lowest BCUT2D eigenvalue weighted by atomic mass is 9.95. The summed E-state index contributed by atoms with van der Waals surface area (Å²) in [7, 11) is 0. The number of ketones is 1. The monoisotopic (exact) mass is 344 g/mol. The van der Waals surface area contributed by atoms with E-state index in [1.807, 2.05) is 45.0 Å². The number of Topliss-reactive ketones (excluding diaryl/α,β-unsaturated/α-hetero) is 1. The van der Waals surface area contributed by atoms with Gasteiger partial charge in [0.15, 0.2) is 5.78 Å². The fourth-order valence-electron chi connectivity index (χ4n) is 3.05. The Hall–Kier alpha value is -1.68. The second kappa shape index (κ2) is 9.14. The van der Waals surface area contributed by atoms with Crippen LogP contribution in [0.3, 0.4) is 0 Å². The Morgan fingerprint density at radius 1 is 1.04 bits per heavy atom. The van der Waals surface area contributed by atoms with Gasteiger partial charge in [0, 0.05) is 23.9 Å². The minimum absolute atomic E-state index is 0.0327. The van der Waals surface area contributed by atoms with Gasteiger partial charge in [-0.25, -0.2) is 0 Å². The van der Waals surface area contributed by atoms with Gasteiger partial charge in [-0.3, -0.25) is 9.59 Å². The van der Waals surface area contributed by atoms with Gasteiger partial charge in [0.1, 0.15) is 0 Å². The van der Waals surface area contributed by atoms with Crippen LogP contribution in [0.4, 0.5) is 0 Å². The van der Waals surface area contributed by atoms with Crippen LogP contribution in [0.5, 0.6) is 0 Å². The average Bonchev–Trinajstić information content (AvgIpc) is 2.60. The number of hydrogen-bond donors (Lipinski definition) is 1. The number of likely N-dealkylation sites (tertiary alicyclic amines) is 1. The number of amides is 1. The van der Waals surface area contributed by atoms with Crippen molar-refractivity contribution in [2.45, 2.75) is 59.4 Å². The van der Waals surface area contributed by atoms with Crippen molar-refractivity contribution in [2.24, 2.45) is 5.41 Å². The van der Waals surface area contributed by atoms with Gasteiger partial charge in [-0.1, -0.05) is 51.5 Å². The third-order valence-corrected chi connectivity index (χ3v) is 4.74. The third-order valence-electron chi connectivity index (χ3n) is 4.74. The maximum absolute atomic E-state index is 12.3. The lowest BCUT2D eigenvalue weighted by molar-refractivity contribution is -0.128. The van der Waals surface area contributed by atoms with Crippen molar-refractivity contribution in [3.8, 4) is 0 Å². The quantitative estimate of drug-likeness (QED) is 0.766. The minimum Gasteiger partial charge on any atom is -0.352 e. The topological polar surface area (TPSA) is 49.4 Å². The Balaban J connectivity index is 1.74. The molecule has 25 heavy (non-hydrogen) atoms. The summed E-state index contributed by atoms with van der Waals surface area (Å²) in [6.45, 7) is 9.59. The van der Waals surface area contributed by atoms with Crippen molar-refractivity contribution in [3.05, 3.63) is 35.4 Å². The predicted molar refractivity (Wildman–Crippen MR) is 102 cm³/mol. The lowest BCUT2D eigenvalue weighted by Gasteiger charge is -2.26. The molecule has 1 aromatic rings. The molecule has 1 aliphatic rings. The van der Waals surface area contributed by atoms with Crippen molar-refractivity contribution < 1.29 is 9.59 Å². The molecule has 1 amide bonds. The van der Waals surface area contributed by atoms with E-state index >= 15 is 0 Å². The first-order chi connectivity index (χ1) is 11.9. The highest BCUT2D eigenvalue weighted by Gasteiger charge is 2.20. The molecule has 1 aliphatic heterocycles. The molecule has 4 nitrogen and oxygen atoms in total. The molecule has 0 unspecified atom stereocenters. The Kier molecular flexibility index (Phi) is 7.18. The van der Waals surface area contributed by atoms with Crippen molar-refractivity contribution in [1.82, 2.24) is 10.2 Å². The second-order valence-corrected chi connectivity index (χ2v) is 8.06. The molecular formula is C21H32N2O2. The number of benzene rings is 1. The van der Waals surface area contributed by atoms with Crippen LogP contribution in [-0.2, 0) is 11.3 Å². The molecule has 0 saturated carbocycles. The minimum atomic E-state index is -0.385. The first-order valence-corrected chi connectivity index (χ1v) is 9.49. The van der Waals surface area contributed by atoms with Crippen molar-refractivity contribution >= 4 is 11.7 Å². The molecule has 0 spiro atoms. The normalized spacial score (nSPS) is 15.8. The van der Waals surface area contributed by atoms with Gasteiger partial charge in [0.2, 0.25) is 5.91 Å². The molecular weight excluding hydrogens is 312 g/mol. The Morgan fingerprint density at radius 2 is 1.68 bits per heavy atom. The Morgan fingerprint density at radius 3 is 2.28 bits per heavy atom. The maximum atomic E-state index is 12.3. The molecule has 0 radical (unpaired) electrons. The van der Waals surface area contributed by atoms with Gasteiger partial charge in [-0.2, -0.15) is 0 Å². The van der Waals surface area contributed by atoms with Gasteiger partial charge in [0.05, 0.1) is 0 Å². The van der Waals surface area contributed by atoms with Crippen molar-refractivity contribution in [2.75, 3.05) is 19.6 Å². The molecule has 1 heterocycles. The molecule has 0 bridgehead atoms. The van der Waals surface area contributed by atoms with Gasteiger partial charge in [-0.15, -0.1) is 0 Å². The molecule has 0 aliphatic carbocycles. The summed E-state index contributed by atoms with van der Waals surface area (Å²) in [6, 6.07) is 7.62. The summed E-state index contributed by atoms with van der Waals surface area (Å²) < 4.78 is 0. The van der Waals surface area contributed by atoms with Crippen molar-refractivity contribution in [3.63, 3.8) is 0 Å². The van der Waals surface area contributed by atoms with E-state index < -0.39 is 0 Å². The number of carbonyl (C=O) groups is 2. The van der Waals surface area contributed by atoms with E-state index in [1.54, 1.807) is 0 Å². The van der Waals surface area contributed by atoms with E-state index in [9.17, 15) is 9.59 Å². The van der Waals surface area contributed by atoms with Crippen LogP contribution in [0.1, 0.15) is 68.8 Å². The SMILES string of the molecule is CC(C)(C)C(=O)NCc1ccc(C(=O)CCCN2CCCCC2)cc1. The highest BCUT2D eigenvalue weighted by atomic mass is 16.2. The van der Waals surface area contributed by atoms with Crippen LogP contribution in [0.15, 0.2) is 24.3 Å². The van der Waals surface area contributed by atoms with E-state index in [4.69, 9.17) is 0 Å². The zero-order valence-electron chi connectivity index (χ0n) is 15.9. The molecule has 0 aromatic heterocycles. The molecule has 0 atom stereocenters. The number of piperidine rings is 1. The summed E-state index contributed by atoms with van der Waals surface area (Å²) >= 11 is 0. The smallest absolute Gasteiger partial charge is 0.225 e. The number of nitrogens with one attached hydrogen (secondary N) is 1. The van der Waals surface area contributed by atoms with Crippen LogP contribution >= 0.6 is 0 Å². The van der Waals surface area contributed by atoms with Gasteiger partial charge in [-0.05, 0) is 44.5 Å². The van der Waals surface area contributed by atoms with Crippen LogP contribution < -0.4 is 5.32 Å². The molecule has 1 aromatic carbocycles. The molecule has 2 rings (SSSR count). The molecule has 138 valence electrons. The first kappa shape index (κ1) is 19.6. The zero-order valence-corrected chi connectivity index (χ0v) is 15.9. The van der Waals surface area contributed by atoms with E-state index in [0.29, 0.717) is 13.0 Å². The average molecular weight is 344 g/mol. The largest absolute Gasteiger partial charge is 0.352 e. The Labute approximate surface area is 152 Å². The summed E-state index contributed by atoms with van der Waals surface area (Å²) in [5.41, 5.74) is 1.40. The van der Waals surface area contributed by atoms with Gasteiger partial charge < -0.3 is 10.2 Å². The number of hydrogen-bond acceptors (Lipinski definition) is 3. The second-order valence-electron chi connectivity index (χ2n) is 8.06. The zero-order chi connectivity index (χ0) is 18.3. The fraction of sp³-hybridized carbons (Fsp3) is 0.619. The summed E-state index contributed by atoms with van der Waals surface area (Å²) in [4.78, 5) is 26.7. The van der Waals surface area contributed by atoms with Gasteiger partial charge >= 0.3 is 0 Å². The van der Waals surface area contributed by atoms with E-state index in [1.165, 1.54) is 32.4 Å². The summed E-state index contributed by atoms with van der Waals surface area (Å²) in [5.74, 6) is 0.243. The third kappa shape index (κ3) is 6.62. The van der Waals surface area contributed by atoms with E-state index in [0.717, 1.165) is 24.1 Å². The lowest BCUT2D eigenvalue weighted by Crippen LogP contribution is -2.34. The van der Waals surface area contributed by atoms with Crippen molar-refractivity contribution in [1.29, 1.82) is 0 Å². The number of rotatable bonds is 7. The van der Waals surface area contributed by atoms with Crippen LogP contribution in [-0.4, -0.2) is 36.2 Å². The number of nitrogens with zero attached hydrogens (tertiary/aromatic N) is 1.